The lowest BCUT2D eigenvalue weighted by Gasteiger charge is -1.99. The summed E-state index contributed by atoms with van der Waals surface area (Å²) in [5.41, 5.74) is 2.27. The van der Waals surface area contributed by atoms with Crippen LogP contribution in [0.15, 0.2) is 30.3 Å². The van der Waals surface area contributed by atoms with Crippen molar-refractivity contribution < 1.29 is 26.5 Å². The molecule has 120 valence electrons. The van der Waals surface area contributed by atoms with Gasteiger partial charge in [0.1, 0.15) is 0 Å². The number of esters is 1. The molecule has 1 heterocycles. The molecule has 0 saturated heterocycles. The minimum Gasteiger partial charge on any atom is -1.00 e. The molecule has 22 heavy (non-hydrogen) atoms. The van der Waals surface area contributed by atoms with E-state index in [1.165, 1.54) is 16.9 Å². The van der Waals surface area contributed by atoms with Crippen LogP contribution in [0.1, 0.15) is 24.6 Å². The molecular formula is C16H21ClN2O2S. The van der Waals surface area contributed by atoms with Crippen LogP contribution in [0.3, 0.4) is 0 Å². The highest BCUT2D eigenvalue weighted by molar-refractivity contribution is 7.17. The zero-order valence-electron chi connectivity index (χ0n) is 13.1. The Kier molecular flexibility index (Phi) is 7.35. The van der Waals surface area contributed by atoms with Crippen LogP contribution in [0.5, 0.6) is 5.06 Å². The van der Waals surface area contributed by atoms with Crippen molar-refractivity contribution in [3.05, 3.63) is 41.6 Å². The van der Waals surface area contributed by atoms with E-state index in [-0.39, 0.29) is 18.4 Å². The van der Waals surface area contributed by atoms with Gasteiger partial charge in [0.2, 0.25) is 5.06 Å². The molecule has 0 amide bonds. The fourth-order valence-corrected chi connectivity index (χ4v) is 2.95. The molecule has 1 N–H and O–H groups in total. The molecule has 0 aliphatic heterocycles. The lowest BCUT2D eigenvalue weighted by atomic mass is 10.1. The molecule has 0 saturated carbocycles. The van der Waals surface area contributed by atoms with Crippen LogP contribution in [0.4, 0.5) is 5.13 Å². The van der Waals surface area contributed by atoms with Crippen molar-refractivity contribution in [2.24, 2.45) is 7.05 Å². The molecule has 1 aromatic heterocycles. The first-order chi connectivity index (χ1) is 10.1. The third-order valence-electron chi connectivity index (χ3n) is 3.32. The monoisotopic (exact) mass is 340 g/mol. The summed E-state index contributed by atoms with van der Waals surface area (Å²) in [7, 11) is 1.97. The second-order valence-electron chi connectivity index (χ2n) is 4.83. The van der Waals surface area contributed by atoms with E-state index in [2.05, 4.69) is 17.4 Å². The van der Waals surface area contributed by atoms with Gasteiger partial charge in [-0.25, -0.2) is 4.57 Å². The molecule has 1 aromatic carbocycles. The molecule has 2 rings (SSSR count). The van der Waals surface area contributed by atoms with Gasteiger partial charge in [-0.3, -0.25) is 10.1 Å². The Morgan fingerprint density at radius 3 is 2.64 bits per heavy atom. The molecule has 4 nitrogen and oxygen atoms in total. The number of hydrogen-bond acceptors (Lipinski definition) is 4. The fraction of sp³-hybridized carbons (Fsp3) is 0.375. The average Bonchev–Trinajstić information content (AvgIpc) is 2.76. The average molecular weight is 341 g/mol. The highest BCUT2D eigenvalue weighted by Crippen LogP contribution is 2.28. The van der Waals surface area contributed by atoms with Crippen LogP contribution in [0.25, 0.3) is 0 Å². The van der Waals surface area contributed by atoms with Crippen molar-refractivity contribution in [2.45, 2.75) is 26.7 Å². The molecule has 0 spiro atoms. The van der Waals surface area contributed by atoms with Gasteiger partial charge in [-0.1, -0.05) is 37.3 Å². The number of ether oxygens (including phenoxy) is 1. The van der Waals surface area contributed by atoms with E-state index in [9.17, 15) is 4.79 Å². The van der Waals surface area contributed by atoms with Crippen LogP contribution in [-0.4, -0.2) is 12.5 Å². The van der Waals surface area contributed by atoms with E-state index < -0.39 is 0 Å². The fourth-order valence-electron chi connectivity index (χ4n) is 1.90. The summed E-state index contributed by atoms with van der Waals surface area (Å²) in [6.07, 6.45) is 1.35. The second-order valence-corrected chi connectivity index (χ2v) is 5.79. The summed E-state index contributed by atoms with van der Waals surface area (Å²) < 4.78 is 7.36. The number of hydrogen-bond donors (Lipinski definition) is 1. The van der Waals surface area contributed by atoms with Crippen molar-refractivity contribution in [1.82, 2.24) is 0 Å². The Morgan fingerprint density at radius 2 is 2.00 bits per heavy atom. The topological polar surface area (TPSA) is 42.2 Å². The summed E-state index contributed by atoms with van der Waals surface area (Å²) in [6, 6.07) is 10.4. The molecule has 0 fully saturated rings. The molecular weight excluding hydrogens is 320 g/mol. The highest BCUT2D eigenvalue weighted by atomic mass is 35.5. The Morgan fingerprint density at radius 1 is 1.32 bits per heavy atom. The van der Waals surface area contributed by atoms with Crippen LogP contribution < -0.4 is 27.0 Å². The van der Waals surface area contributed by atoms with E-state index >= 15 is 0 Å². The first kappa shape index (κ1) is 18.5. The zero-order valence-corrected chi connectivity index (χ0v) is 14.6. The molecule has 0 radical (unpaired) electrons. The summed E-state index contributed by atoms with van der Waals surface area (Å²) in [6.45, 7) is 4.60. The summed E-state index contributed by atoms with van der Waals surface area (Å²) in [5, 5.41) is 5.08. The Balaban J connectivity index is 0.00000242. The van der Waals surface area contributed by atoms with Gasteiger partial charge in [0.15, 0.2) is 5.69 Å². The van der Waals surface area contributed by atoms with Crippen molar-refractivity contribution in [1.29, 1.82) is 0 Å². The van der Waals surface area contributed by atoms with Crippen molar-refractivity contribution in [3.8, 4) is 5.06 Å². The van der Waals surface area contributed by atoms with Gasteiger partial charge in [-0.15, -0.1) is 0 Å². The van der Waals surface area contributed by atoms with Gasteiger partial charge in [0, 0.05) is 19.8 Å². The molecule has 2 aromatic rings. The minimum atomic E-state index is -0.198. The SMILES string of the molecule is CCC(=O)Oc1sc(NCCc2ccccc2)[n+](C)c1C.[Cl-]. The van der Waals surface area contributed by atoms with Crippen molar-refractivity contribution in [2.75, 3.05) is 11.9 Å². The predicted molar refractivity (Wildman–Crippen MR) is 84.8 cm³/mol. The van der Waals surface area contributed by atoms with Gasteiger partial charge in [0.25, 0.3) is 0 Å². The van der Waals surface area contributed by atoms with Gasteiger partial charge in [0.05, 0.1) is 13.6 Å². The third-order valence-corrected chi connectivity index (χ3v) is 4.50. The smallest absolute Gasteiger partial charge is 0.337 e. The molecule has 0 bridgehead atoms. The van der Waals surface area contributed by atoms with E-state index in [0.717, 1.165) is 23.8 Å². The summed E-state index contributed by atoms with van der Waals surface area (Å²) in [4.78, 5) is 11.4. The Hall–Kier alpha value is -1.59. The first-order valence-electron chi connectivity index (χ1n) is 7.09. The lowest BCUT2D eigenvalue weighted by molar-refractivity contribution is -0.659. The molecule has 0 atom stereocenters. The number of anilines is 1. The zero-order chi connectivity index (χ0) is 15.2. The quantitative estimate of drug-likeness (QED) is 0.588. The number of carbonyl (C=O) groups excluding carboxylic acids is 1. The van der Waals surface area contributed by atoms with Crippen LogP contribution >= 0.6 is 11.3 Å². The minimum absolute atomic E-state index is 0. The molecule has 6 heteroatoms. The van der Waals surface area contributed by atoms with Gasteiger partial charge >= 0.3 is 11.1 Å². The second kappa shape index (κ2) is 8.76. The normalized spacial score (nSPS) is 9.95. The number of nitrogens with zero attached hydrogens (tertiary/aromatic N) is 1. The first-order valence-corrected chi connectivity index (χ1v) is 7.91. The molecule has 0 aliphatic rings. The van der Waals surface area contributed by atoms with Crippen LogP contribution in [0, 0.1) is 6.92 Å². The Labute approximate surface area is 141 Å². The molecule has 0 unspecified atom stereocenters. The number of rotatable bonds is 6. The van der Waals surface area contributed by atoms with Gasteiger partial charge in [-0.2, -0.15) is 0 Å². The number of halogens is 1. The number of benzene rings is 1. The van der Waals surface area contributed by atoms with Gasteiger partial charge < -0.3 is 17.1 Å². The highest BCUT2D eigenvalue weighted by Gasteiger charge is 2.20. The summed E-state index contributed by atoms with van der Waals surface area (Å²) in [5.74, 6) is -0.198. The van der Waals surface area contributed by atoms with E-state index in [0.29, 0.717) is 11.5 Å². The number of aromatic nitrogens is 1. The van der Waals surface area contributed by atoms with E-state index in [1.54, 1.807) is 6.92 Å². The van der Waals surface area contributed by atoms with Crippen molar-refractivity contribution in [3.63, 3.8) is 0 Å². The van der Waals surface area contributed by atoms with Gasteiger partial charge in [-0.05, 0) is 16.9 Å². The van der Waals surface area contributed by atoms with E-state index in [4.69, 9.17) is 4.74 Å². The number of carbonyl (C=O) groups is 1. The Bertz CT molecular complexity index is 614. The maximum atomic E-state index is 11.4. The predicted octanol–water partition coefficient (Wildman–Crippen LogP) is -0.145. The largest absolute Gasteiger partial charge is 1.00 e. The standard InChI is InChI=1S/C16H20N2O2S.ClH/c1-4-14(19)20-15-12(2)18(3)16(21-15)17-11-10-13-8-6-5-7-9-13;/h5-9H,4,10-11H2,1-3H3;1H. The maximum Gasteiger partial charge on any atom is 0.337 e. The van der Waals surface area contributed by atoms with Crippen molar-refractivity contribution >= 4 is 22.4 Å². The maximum absolute atomic E-state index is 11.4. The molecule has 0 aliphatic carbocycles. The number of nitrogens with one attached hydrogen (secondary N) is 1. The summed E-state index contributed by atoms with van der Waals surface area (Å²) >= 11 is 1.47. The third kappa shape index (κ3) is 4.71. The van der Waals surface area contributed by atoms with Crippen LogP contribution in [-0.2, 0) is 18.3 Å². The van der Waals surface area contributed by atoms with Crippen LogP contribution in [0.2, 0.25) is 0 Å². The number of thiazole rings is 1. The lowest BCUT2D eigenvalue weighted by Crippen LogP contribution is -3.00. The van der Waals surface area contributed by atoms with E-state index in [1.807, 2.05) is 36.7 Å².